The summed E-state index contributed by atoms with van der Waals surface area (Å²) in [6.07, 6.45) is 1.33. The summed E-state index contributed by atoms with van der Waals surface area (Å²) >= 11 is 1.63. The number of anilines is 2. The van der Waals surface area contributed by atoms with Crippen LogP contribution in [0.1, 0.15) is 18.5 Å². The summed E-state index contributed by atoms with van der Waals surface area (Å²) in [6.45, 7) is 1.99. The first-order valence-corrected chi connectivity index (χ1v) is 5.74. The van der Waals surface area contributed by atoms with Crippen LogP contribution in [-0.4, -0.2) is 9.97 Å². The molecule has 16 heavy (non-hydrogen) atoms. The van der Waals surface area contributed by atoms with Crippen molar-refractivity contribution in [2.45, 2.75) is 13.0 Å². The number of rotatable bonds is 3. The van der Waals surface area contributed by atoms with Crippen molar-refractivity contribution >= 4 is 22.8 Å². The molecule has 0 aliphatic carbocycles. The third kappa shape index (κ3) is 2.06. The second-order valence-corrected chi connectivity index (χ2v) is 4.20. The van der Waals surface area contributed by atoms with Crippen molar-refractivity contribution in [2.75, 3.05) is 11.1 Å². The number of H-pyrrole nitrogens is 1. The molecule has 0 saturated heterocycles. The molecule has 6 heteroatoms. The van der Waals surface area contributed by atoms with E-state index < -0.39 is 0 Å². The van der Waals surface area contributed by atoms with Crippen LogP contribution in [0, 0.1) is 0 Å². The number of aromatic nitrogens is 2. The van der Waals surface area contributed by atoms with Crippen molar-refractivity contribution in [1.29, 1.82) is 0 Å². The highest BCUT2D eigenvalue weighted by atomic mass is 32.1. The van der Waals surface area contributed by atoms with Gasteiger partial charge < -0.3 is 16.0 Å². The van der Waals surface area contributed by atoms with Crippen molar-refractivity contribution < 1.29 is 0 Å². The highest BCUT2D eigenvalue weighted by Gasteiger charge is 2.09. The zero-order valence-corrected chi connectivity index (χ0v) is 9.54. The summed E-state index contributed by atoms with van der Waals surface area (Å²) in [4.78, 5) is 17.7. The SMILES string of the molecule is CC(Nc1nc[nH]c(=O)c1N)c1ccsc1. The van der Waals surface area contributed by atoms with Crippen LogP contribution in [0.25, 0.3) is 0 Å². The molecule has 1 unspecified atom stereocenters. The minimum Gasteiger partial charge on any atom is -0.391 e. The highest BCUT2D eigenvalue weighted by Crippen LogP contribution is 2.21. The van der Waals surface area contributed by atoms with E-state index in [0.717, 1.165) is 5.56 Å². The third-order valence-corrected chi connectivity index (χ3v) is 2.99. The van der Waals surface area contributed by atoms with Crippen molar-refractivity contribution in [3.63, 3.8) is 0 Å². The van der Waals surface area contributed by atoms with E-state index in [0.29, 0.717) is 5.82 Å². The Kier molecular flexibility index (Phi) is 2.91. The molecule has 2 rings (SSSR count). The third-order valence-electron chi connectivity index (χ3n) is 2.29. The zero-order chi connectivity index (χ0) is 11.5. The van der Waals surface area contributed by atoms with Crippen LogP contribution in [0.5, 0.6) is 0 Å². The van der Waals surface area contributed by atoms with Gasteiger partial charge in [0.25, 0.3) is 5.56 Å². The lowest BCUT2D eigenvalue weighted by molar-refractivity contribution is 0.876. The Balaban J connectivity index is 2.21. The summed E-state index contributed by atoms with van der Waals surface area (Å²) in [5.74, 6) is 0.419. The minimum absolute atomic E-state index is 0.0721. The molecule has 5 nitrogen and oxygen atoms in total. The van der Waals surface area contributed by atoms with Gasteiger partial charge in [-0.15, -0.1) is 0 Å². The van der Waals surface area contributed by atoms with Gasteiger partial charge in [-0.1, -0.05) is 0 Å². The molecule has 2 heterocycles. The van der Waals surface area contributed by atoms with Crippen LogP contribution in [0.4, 0.5) is 11.5 Å². The maximum atomic E-state index is 11.2. The number of hydrogen-bond donors (Lipinski definition) is 3. The van der Waals surface area contributed by atoms with E-state index in [2.05, 4.69) is 15.3 Å². The molecule has 0 radical (unpaired) electrons. The van der Waals surface area contributed by atoms with Crippen LogP contribution in [0.2, 0.25) is 0 Å². The molecular weight excluding hydrogens is 224 g/mol. The average Bonchev–Trinajstić information content (AvgIpc) is 2.78. The molecule has 2 aromatic rings. The normalized spacial score (nSPS) is 12.3. The number of nitrogens with one attached hydrogen (secondary N) is 2. The predicted molar refractivity (Wildman–Crippen MR) is 65.6 cm³/mol. The highest BCUT2D eigenvalue weighted by molar-refractivity contribution is 7.07. The summed E-state index contributed by atoms with van der Waals surface area (Å²) in [5, 5.41) is 7.15. The lowest BCUT2D eigenvalue weighted by Gasteiger charge is -2.13. The fourth-order valence-electron chi connectivity index (χ4n) is 1.34. The molecule has 1 atom stereocenters. The van der Waals surface area contributed by atoms with Gasteiger partial charge >= 0.3 is 0 Å². The van der Waals surface area contributed by atoms with Crippen LogP contribution >= 0.6 is 11.3 Å². The monoisotopic (exact) mass is 236 g/mol. The molecule has 0 aliphatic rings. The van der Waals surface area contributed by atoms with E-state index in [1.807, 2.05) is 23.8 Å². The van der Waals surface area contributed by atoms with Crippen molar-refractivity contribution in [2.24, 2.45) is 0 Å². The zero-order valence-electron chi connectivity index (χ0n) is 8.73. The number of hydrogen-bond acceptors (Lipinski definition) is 5. The van der Waals surface area contributed by atoms with E-state index in [1.54, 1.807) is 11.3 Å². The molecular formula is C10H12N4OS. The van der Waals surface area contributed by atoms with Gasteiger partial charge in [0, 0.05) is 0 Å². The summed E-state index contributed by atoms with van der Waals surface area (Å²) in [7, 11) is 0. The van der Waals surface area contributed by atoms with Crippen molar-refractivity contribution in [3.05, 3.63) is 39.1 Å². The van der Waals surface area contributed by atoms with Gasteiger partial charge in [-0.3, -0.25) is 4.79 Å². The van der Waals surface area contributed by atoms with E-state index in [-0.39, 0.29) is 17.3 Å². The van der Waals surface area contributed by atoms with Crippen LogP contribution in [-0.2, 0) is 0 Å². The number of aromatic amines is 1. The first kappa shape index (κ1) is 10.7. The molecule has 0 fully saturated rings. The smallest absolute Gasteiger partial charge is 0.276 e. The Morgan fingerprint density at radius 2 is 2.44 bits per heavy atom. The topological polar surface area (TPSA) is 83.8 Å². The number of nitrogen functional groups attached to an aromatic ring is 1. The first-order chi connectivity index (χ1) is 7.68. The molecule has 4 N–H and O–H groups in total. The van der Waals surface area contributed by atoms with Gasteiger partial charge in [0.05, 0.1) is 12.4 Å². The maximum absolute atomic E-state index is 11.2. The summed E-state index contributed by atoms with van der Waals surface area (Å²) in [5.41, 5.74) is 6.55. The Hall–Kier alpha value is -1.82. The minimum atomic E-state index is -0.324. The summed E-state index contributed by atoms with van der Waals surface area (Å²) in [6, 6.07) is 2.09. The molecule has 2 aromatic heterocycles. The fraction of sp³-hybridized carbons (Fsp3) is 0.200. The number of nitrogens with two attached hydrogens (primary N) is 1. The van der Waals surface area contributed by atoms with Gasteiger partial charge in [0.1, 0.15) is 5.69 Å². The standard InChI is InChI=1S/C10H12N4OS/c1-6(7-2-3-16-4-7)14-9-8(11)10(15)13-5-12-9/h2-6H,11H2,1H3,(H2,12,13,14,15). The van der Waals surface area contributed by atoms with Crippen LogP contribution in [0.3, 0.4) is 0 Å². The molecule has 0 amide bonds. The van der Waals surface area contributed by atoms with Gasteiger partial charge in [-0.25, -0.2) is 4.98 Å². The summed E-state index contributed by atoms with van der Waals surface area (Å²) < 4.78 is 0. The first-order valence-electron chi connectivity index (χ1n) is 4.80. The Morgan fingerprint density at radius 3 is 3.12 bits per heavy atom. The molecule has 0 spiro atoms. The Morgan fingerprint density at radius 1 is 1.62 bits per heavy atom. The second-order valence-electron chi connectivity index (χ2n) is 3.42. The van der Waals surface area contributed by atoms with Crippen molar-refractivity contribution in [1.82, 2.24) is 9.97 Å². The van der Waals surface area contributed by atoms with Crippen molar-refractivity contribution in [3.8, 4) is 0 Å². The van der Waals surface area contributed by atoms with Gasteiger partial charge in [-0.05, 0) is 29.3 Å². The Bertz CT molecular complexity index is 520. The fourth-order valence-corrected chi connectivity index (χ4v) is 2.09. The Labute approximate surface area is 96.3 Å². The largest absolute Gasteiger partial charge is 0.391 e. The van der Waals surface area contributed by atoms with Gasteiger partial charge in [-0.2, -0.15) is 11.3 Å². The van der Waals surface area contributed by atoms with Gasteiger partial charge in [0.15, 0.2) is 5.82 Å². The molecule has 84 valence electrons. The average molecular weight is 236 g/mol. The predicted octanol–water partition coefficient (Wildman–Crippen LogP) is 1.59. The van der Waals surface area contributed by atoms with Crippen LogP contribution < -0.4 is 16.6 Å². The number of nitrogens with zero attached hydrogens (tertiary/aromatic N) is 1. The molecule has 0 aromatic carbocycles. The maximum Gasteiger partial charge on any atom is 0.276 e. The molecule has 0 saturated carbocycles. The lowest BCUT2D eigenvalue weighted by atomic mass is 10.2. The number of thiophene rings is 1. The van der Waals surface area contributed by atoms with E-state index in [4.69, 9.17) is 5.73 Å². The van der Waals surface area contributed by atoms with E-state index >= 15 is 0 Å². The van der Waals surface area contributed by atoms with Gasteiger partial charge in [0.2, 0.25) is 0 Å². The molecule has 0 bridgehead atoms. The van der Waals surface area contributed by atoms with Crippen LogP contribution in [0.15, 0.2) is 27.9 Å². The quantitative estimate of drug-likeness (QED) is 0.755. The van der Waals surface area contributed by atoms with E-state index in [9.17, 15) is 4.79 Å². The van der Waals surface area contributed by atoms with E-state index in [1.165, 1.54) is 6.33 Å². The molecule has 0 aliphatic heterocycles. The lowest BCUT2D eigenvalue weighted by Crippen LogP contribution is -2.17. The second kappa shape index (κ2) is 4.36.